The minimum atomic E-state index is -4.62. The van der Waals surface area contributed by atoms with Crippen molar-refractivity contribution >= 4 is 11.8 Å². The third-order valence-electron chi connectivity index (χ3n) is 2.15. The smallest absolute Gasteiger partial charge is 0.465 e. The first-order valence-corrected chi connectivity index (χ1v) is 4.95. The zero-order valence-electron chi connectivity index (χ0n) is 9.22. The van der Waals surface area contributed by atoms with E-state index in [4.69, 9.17) is 5.11 Å². The summed E-state index contributed by atoms with van der Waals surface area (Å²) in [5.41, 5.74) is 0.644. The van der Waals surface area contributed by atoms with Crippen LogP contribution in [-0.2, 0) is 6.30 Å². The maximum Gasteiger partial charge on any atom is 0.505 e. The van der Waals surface area contributed by atoms with Gasteiger partial charge in [-0.25, -0.2) is 9.78 Å². The molecule has 1 aromatic heterocycles. The molecule has 2 aromatic rings. The van der Waals surface area contributed by atoms with Gasteiger partial charge in [-0.3, -0.25) is 5.32 Å². The molecule has 0 unspecified atom stereocenters. The van der Waals surface area contributed by atoms with Crippen LogP contribution in [0.25, 0.3) is 11.4 Å². The van der Waals surface area contributed by atoms with Gasteiger partial charge in [0, 0.05) is 11.3 Å². The molecule has 0 bridgehead atoms. The predicted octanol–water partition coefficient (Wildman–Crippen LogP) is 2.51. The Bertz CT molecular complexity index is 592. The van der Waals surface area contributed by atoms with Crippen molar-refractivity contribution in [3.8, 4) is 11.4 Å². The van der Waals surface area contributed by atoms with Gasteiger partial charge in [0.15, 0.2) is 5.82 Å². The van der Waals surface area contributed by atoms with Crippen molar-refractivity contribution in [3.05, 3.63) is 30.6 Å². The lowest BCUT2D eigenvalue weighted by Gasteiger charge is -2.03. The Morgan fingerprint density at radius 1 is 1.26 bits per heavy atom. The number of nitrogens with one attached hydrogen (secondary N) is 1. The summed E-state index contributed by atoms with van der Waals surface area (Å²) in [6, 6.07) is 5.64. The average Bonchev–Trinajstić information content (AvgIpc) is 2.78. The van der Waals surface area contributed by atoms with E-state index in [1.165, 1.54) is 24.3 Å². The normalized spacial score (nSPS) is 11.3. The third kappa shape index (κ3) is 3.00. The molecule has 1 heterocycles. The van der Waals surface area contributed by atoms with Crippen LogP contribution in [0.2, 0.25) is 0 Å². The number of hydrogen-bond donors (Lipinski definition) is 2. The van der Waals surface area contributed by atoms with Crippen LogP contribution in [0.3, 0.4) is 0 Å². The fraction of sp³-hybridized carbons (Fsp3) is 0.100. The molecule has 0 aliphatic rings. The van der Waals surface area contributed by atoms with E-state index in [2.05, 4.69) is 15.4 Å². The second-order valence-corrected chi connectivity index (χ2v) is 3.49. The van der Waals surface area contributed by atoms with Crippen LogP contribution in [0.15, 0.2) is 30.6 Å². The molecular weight excluding hydrogens is 265 g/mol. The molecule has 2 N–H and O–H groups in total. The standard InChI is InChI=1S/C10H7F3N4O2/c11-10(12,13)17-5-14-8(16-17)6-1-3-7(4-2-6)15-9(18)19/h1-5,15H,(H,18,19). The Morgan fingerprint density at radius 2 is 1.89 bits per heavy atom. The number of amides is 1. The van der Waals surface area contributed by atoms with Gasteiger partial charge in [-0.05, 0) is 24.3 Å². The molecule has 0 spiro atoms. The molecule has 1 aromatic carbocycles. The lowest BCUT2D eigenvalue weighted by molar-refractivity contribution is -0.212. The summed E-state index contributed by atoms with van der Waals surface area (Å²) in [6.07, 6.45) is -5.28. The van der Waals surface area contributed by atoms with Gasteiger partial charge < -0.3 is 5.11 Å². The Morgan fingerprint density at radius 3 is 2.37 bits per heavy atom. The van der Waals surface area contributed by atoms with Crippen LogP contribution < -0.4 is 5.32 Å². The SMILES string of the molecule is O=C(O)Nc1ccc(-c2ncn(C(F)(F)F)n2)cc1. The molecule has 0 atom stereocenters. The Balaban J connectivity index is 2.23. The second kappa shape index (κ2) is 4.59. The van der Waals surface area contributed by atoms with Crippen molar-refractivity contribution in [1.29, 1.82) is 0 Å². The summed E-state index contributed by atoms with van der Waals surface area (Å²) in [5.74, 6) is -0.0980. The van der Waals surface area contributed by atoms with Crippen LogP contribution in [0.5, 0.6) is 0 Å². The van der Waals surface area contributed by atoms with E-state index in [9.17, 15) is 18.0 Å². The predicted molar refractivity (Wildman–Crippen MR) is 58.4 cm³/mol. The Kier molecular flexibility index (Phi) is 3.11. The highest BCUT2D eigenvalue weighted by Gasteiger charge is 2.32. The van der Waals surface area contributed by atoms with Crippen molar-refractivity contribution in [2.24, 2.45) is 0 Å². The van der Waals surface area contributed by atoms with Gasteiger partial charge in [-0.15, -0.1) is 18.3 Å². The number of carboxylic acid groups (broad SMARTS) is 1. The van der Waals surface area contributed by atoms with Crippen LogP contribution in [0.1, 0.15) is 0 Å². The topological polar surface area (TPSA) is 80.0 Å². The van der Waals surface area contributed by atoms with Crippen LogP contribution >= 0.6 is 0 Å². The molecule has 0 fully saturated rings. The number of benzene rings is 1. The zero-order chi connectivity index (χ0) is 14.0. The lowest BCUT2D eigenvalue weighted by atomic mass is 10.2. The molecule has 0 saturated heterocycles. The summed E-state index contributed by atoms with van der Waals surface area (Å²) in [4.78, 5) is 13.9. The van der Waals surface area contributed by atoms with Gasteiger partial charge in [-0.1, -0.05) is 0 Å². The number of carbonyl (C=O) groups is 1. The highest BCUT2D eigenvalue weighted by Crippen LogP contribution is 2.23. The molecule has 2 rings (SSSR count). The Labute approximate surface area is 104 Å². The zero-order valence-corrected chi connectivity index (χ0v) is 9.22. The quantitative estimate of drug-likeness (QED) is 0.880. The molecule has 0 aliphatic heterocycles. The maximum atomic E-state index is 12.3. The van der Waals surface area contributed by atoms with E-state index in [0.29, 0.717) is 17.6 Å². The fourth-order valence-electron chi connectivity index (χ4n) is 1.34. The van der Waals surface area contributed by atoms with E-state index in [1.54, 1.807) is 0 Å². The first-order chi connectivity index (χ1) is 8.86. The molecule has 0 aliphatic carbocycles. The Hall–Kier alpha value is -2.58. The van der Waals surface area contributed by atoms with Crippen molar-refractivity contribution in [2.75, 3.05) is 5.32 Å². The maximum absolute atomic E-state index is 12.3. The van der Waals surface area contributed by atoms with Gasteiger partial charge >= 0.3 is 12.4 Å². The number of aromatic nitrogens is 3. The summed E-state index contributed by atoms with van der Waals surface area (Å²) >= 11 is 0. The summed E-state index contributed by atoms with van der Waals surface area (Å²) in [5, 5.41) is 13.9. The van der Waals surface area contributed by atoms with E-state index in [-0.39, 0.29) is 10.5 Å². The van der Waals surface area contributed by atoms with Gasteiger partial charge in [0.25, 0.3) is 0 Å². The van der Waals surface area contributed by atoms with Crippen molar-refractivity contribution in [3.63, 3.8) is 0 Å². The van der Waals surface area contributed by atoms with E-state index >= 15 is 0 Å². The monoisotopic (exact) mass is 272 g/mol. The van der Waals surface area contributed by atoms with Crippen LogP contribution in [0.4, 0.5) is 23.7 Å². The largest absolute Gasteiger partial charge is 0.505 e. The molecule has 0 radical (unpaired) electrons. The third-order valence-corrected chi connectivity index (χ3v) is 2.15. The van der Waals surface area contributed by atoms with Crippen LogP contribution in [-0.4, -0.2) is 26.0 Å². The molecule has 19 heavy (non-hydrogen) atoms. The number of anilines is 1. The molecule has 6 nitrogen and oxygen atoms in total. The minimum absolute atomic E-state index is 0.0980. The van der Waals surface area contributed by atoms with Crippen LogP contribution in [0, 0.1) is 0 Å². The molecule has 0 saturated carbocycles. The second-order valence-electron chi connectivity index (χ2n) is 3.49. The number of nitrogens with zero attached hydrogens (tertiary/aromatic N) is 3. The summed E-state index contributed by atoms with van der Waals surface area (Å²) < 4.78 is 36.7. The summed E-state index contributed by atoms with van der Waals surface area (Å²) in [7, 11) is 0. The fourth-order valence-corrected chi connectivity index (χ4v) is 1.34. The van der Waals surface area contributed by atoms with Crippen molar-refractivity contribution in [2.45, 2.75) is 6.30 Å². The highest BCUT2D eigenvalue weighted by molar-refractivity contribution is 5.83. The van der Waals surface area contributed by atoms with E-state index < -0.39 is 12.4 Å². The first kappa shape index (κ1) is 12.9. The highest BCUT2D eigenvalue weighted by atomic mass is 19.4. The lowest BCUT2D eigenvalue weighted by Crippen LogP contribution is -2.17. The molecule has 100 valence electrons. The van der Waals surface area contributed by atoms with Crippen molar-refractivity contribution < 1.29 is 23.1 Å². The van der Waals surface area contributed by atoms with E-state index in [1.807, 2.05) is 0 Å². The molecule has 1 amide bonds. The minimum Gasteiger partial charge on any atom is -0.465 e. The van der Waals surface area contributed by atoms with Crippen molar-refractivity contribution in [1.82, 2.24) is 14.8 Å². The average molecular weight is 272 g/mol. The summed E-state index contributed by atoms with van der Waals surface area (Å²) in [6.45, 7) is 0. The number of alkyl halides is 3. The van der Waals surface area contributed by atoms with Gasteiger partial charge in [-0.2, -0.15) is 4.68 Å². The molecular formula is C10H7F3N4O2. The number of rotatable bonds is 2. The first-order valence-electron chi connectivity index (χ1n) is 4.95. The van der Waals surface area contributed by atoms with Gasteiger partial charge in [0.05, 0.1) is 0 Å². The number of halogens is 3. The van der Waals surface area contributed by atoms with E-state index in [0.717, 1.165) is 0 Å². The number of hydrogen-bond acceptors (Lipinski definition) is 3. The van der Waals surface area contributed by atoms with Gasteiger partial charge in [0.1, 0.15) is 6.33 Å². The molecule has 9 heteroatoms. The van der Waals surface area contributed by atoms with Gasteiger partial charge in [0.2, 0.25) is 0 Å².